The lowest BCUT2D eigenvalue weighted by atomic mass is 9.89. The molecule has 0 radical (unpaired) electrons. The van der Waals surface area contributed by atoms with Crippen LogP contribution in [0.15, 0.2) is 66.7 Å². The molecule has 0 spiro atoms. The predicted molar refractivity (Wildman–Crippen MR) is 108 cm³/mol. The van der Waals surface area contributed by atoms with Gasteiger partial charge in [-0.1, -0.05) is 48.5 Å². The first-order chi connectivity index (χ1) is 13.2. The van der Waals surface area contributed by atoms with Gasteiger partial charge in [-0.15, -0.1) is 0 Å². The summed E-state index contributed by atoms with van der Waals surface area (Å²) in [6.07, 6.45) is 3.18. The Balaban J connectivity index is 1.53. The highest BCUT2D eigenvalue weighted by Gasteiger charge is 2.45. The Labute approximate surface area is 160 Å². The van der Waals surface area contributed by atoms with Gasteiger partial charge < -0.3 is 14.2 Å². The van der Waals surface area contributed by atoms with Crippen LogP contribution in [0.5, 0.6) is 5.75 Å². The minimum absolute atomic E-state index is 0.0817. The molecule has 0 amide bonds. The van der Waals surface area contributed by atoms with Gasteiger partial charge in [-0.25, -0.2) is 0 Å². The van der Waals surface area contributed by atoms with Crippen LogP contribution in [-0.2, 0) is 21.7 Å². The Morgan fingerprint density at radius 2 is 1.78 bits per heavy atom. The molecule has 0 aromatic heterocycles. The van der Waals surface area contributed by atoms with Crippen molar-refractivity contribution >= 4 is 10.8 Å². The van der Waals surface area contributed by atoms with Crippen molar-refractivity contribution in [3.63, 3.8) is 0 Å². The van der Waals surface area contributed by atoms with E-state index in [1.54, 1.807) is 14.2 Å². The number of ether oxygens (including phenoxy) is 3. The smallest absolute Gasteiger partial charge is 0.120 e. The third kappa shape index (κ3) is 3.45. The van der Waals surface area contributed by atoms with Gasteiger partial charge in [0.05, 0.1) is 6.10 Å². The molecular formula is C24H26O3. The molecule has 0 saturated heterocycles. The monoisotopic (exact) mass is 362 g/mol. The summed E-state index contributed by atoms with van der Waals surface area (Å²) in [7, 11) is 3.55. The van der Waals surface area contributed by atoms with Crippen molar-refractivity contribution in [3.8, 4) is 5.75 Å². The Bertz CT molecular complexity index is 920. The van der Waals surface area contributed by atoms with Crippen molar-refractivity contribution < 1.29 is 14.2 Å². The van der Waals surface area contributed by atoms with Gasteiger partial charge in [0.15, 0.2) is 0 Å². The zero-order valence-corrected chi connectivity index (χ0v) is 16.0. The minimum atomic E-state index is -0.378. The van der Waals surface area contributed by atoms with Gasteiger partial charge >= 0.3 is 0 Å². The van der Waals surface area contributed by atoms with Gasteiger partial charge in [0.2, 0.25) is 0 Å². The molecule has 1 fully saturated rings. The molecule has 0 bridgehead atoms. The first-order valence-electron chi connectivity index (χ1n) is 9.54. The average Bonchev–Trinajstić information content (AvgIpc) is 3.16. The maximum absolute atomic E-state index is 6.10. The Morgan fingerprint density at radius 3 is 2.59 bits per heavy atom. The summed E-state index contributed by atoms with van der Waals surface area (Å²) < 4.78 is 17.8. The van der Waals surface area contributed by atoms with Crippen LogP contribution in [-0.4, -0.2) is 20.3 Å². The summed E-state index contributed by atoms with van der Waals surface area (Å²) >= 11 is 0. The fraction of sp³-hybridized carbons (Fsp3) is 0.333. The highest BCUT2D eigenvalue weighted by Crippen LogP contribution is 2.44. The van der Waals surface area contributed by atoms with Gasteiger partial charge in [0.1, 0.15) is 18.0 Å². The molecule has 0 aliphatic heterocycles. The molecule has 0 N–H and O–H groups in total. The van der Waals surface area contributed by atoms with Gasteiger partial charge in [-0.05, 0) is 59.4 Å². The zero-order valence-electron chi connectivity index (χ0n) is 16.0. The molecule has 1 aliphatic carbocycles. The molecule has 3 aromatic carbocycles. The second-order valence-corrected chi connectivity index (χ2v) is 7.21. The van der Waals surface area contributed by atoms with Gasteiger partial charge in [-0.3, -0.25) is 0 Å². The van der Waals surface area contributed by atoms with Crippen molar-refractivity contribution in [1.29, 1.82) is 0 Å². The van der Waals surface area contributed by atoms with E-state index < -0.39 is 0 Å². The fourth-order valence-electron chi connectivity index (χ4n) is 4.28. The van der Waals surface area contributed by atoms with Crippen LogP contribution in [0.3, 0.4) is 0 Å². The lowest BCUT2D eigenvalue weighted by molar-refractivity contribution is -0.104. The molecule has 4 rings (SSSR count). The zero-order chi connectivity index (χ0) is 18.7. The van der Waals surface area contributed by atoms with Crippen molar-refractivity contribution in [1.82, 2.24) is 0 Å². The Hall–Kier alpha value is -2.36. The van der Waals surface area contributed by atoms with Crippen LogP contribution in [0.2, 0.25) is 0 Å². The van der Waals surface area contributed by atoms with E-state index in [2.05, 4.69) is 54.6 Å². The molecule has 1 saturated carbocycles. The van der Waals surface area contributed by atoms with Gasteiger partial charge in [0, 0.05) is 14.2 Å². The van der Waals surface area contributed by atoms with Crippen LogP contribution in [0, 0.1) is 0 Å². The summed E-state index contributed by atoms with van der Waals surface area (Å²) in [5.74, 6) is 0.860. The number of fused-ring (bicyclic) bond motifs is 1. The van der Waals surface area contributed by atoms with E-state index in [-0.39, 0.29) is 11.7 Å². The third-order valence-corrected chi connectivity index (χ3v) is 5.73. The molecule has 2 unspecified atom stereocenters. The molecule has 27 heavy (non-hydrogen) atoms. The van der Waals surface area contributed by atoms with E-state index in [9.17, 15) is 0 Å². The first kappa shape index (κ1) is 18.0. The Morgan fingerprint density at radius 1 is 0.926 bits per heavy atom. The summed E-state index contributed by atoms with van der Waals surface area (Å²) in [5, 5.41) is 2.48. The third-order valence-electron chi connectivity index (χ3n) is 5.73. The van der Waals surface area contributed by atoms with Crippen molar-refractivity contribution in [3.05, 3.63) is 77.9 Å². The second-order valence-electron chi connectivity index (χ2n) is 7.21. The van der Waals surface area contributed by atoms with E-state index in [4.69, 9.17) is 14.2 Å². The highest BCUT2D eigenvalue weighted by molar-refractivity contribution is 5.82. The standard InChI is InChI=1S/C24H26O3/c1-25-23-11-6-14-24(23,26-2)21-9-5-10-22(16-21)27-17-18-12-13-19-7-3-4-8-20(19)15-18/h3-5,7-10,12-13,15-16,23H,6,11,14,17H2,1-2H3. The van der Waals surface area contributed by atoms with Crippen molar-refractivity contribution in [2.45, 2.75) is 37.6 Å². The fourth-order valence-corrected chi connectivity index (χ4v) is 4.28. The molecular weight excluding hydrogens is 336 g/mol. The highest BCUT2D eigenvalue weighted by atomic mass is 16.5. The molecule has 3 aromatic rings. The van der Waals surface area contributed by atoms with Gasteiger partial charge in [0.25, 0.3) is 0 Å². The number of hydrogen-bond donors (Lipinski definition) is 0. The normalized spacial score (nSPS) is 22.2. The number of benzene rings is 3. The maximum atomic E-state index is 6.10. The summed E-state index contributed by atoms with van der Waals surface area (Å²) in [6, 6.07) is 23.1. The molecule has 2 atom stereocenters. The lowest BCUT2D eigenvalue weighted by Crippen LogP contribution is -2.37. The molecule has 1 aliphatic rings. The van der Waals surface area contributed by atoms with Crippen LogP contribution < -0.4 is 4.74 Å². The van der Waals surface area contributed by atoms with E-state index in [0.29, 0.717) is 6.61 Å². The van der Waals surface area contributed by atoms with E-state index in [1.165, 1.54) is 10.8 Å². The summed E-state index contributed by atoms with van der Waals surface area (Å²) in [5.41, 5.74) is 1.92. The summed E-state index contributed by atoms with van der Waals surface area (Å²) in [6.45, 7) is 0.544. The lowest BCUT2D eigenvalue weighted by Gasteiger charge is -2.34. The molecule has 140 valence electrons. The summed E-state index contributed by atoms with van der Waals surface area (Å²) in [4.78, 5) is 0. The number of hydrogen-bond acceptors (Lipinski definition) is 3. The molecule has 3 heteroatoms. The number of rotatable bonds is 6. The molecule has 0 heterocycles. The Kier molecular flexibility index (Phi) is 5.15. The first-order valence-corrected chi connectivity index (χ1v) is 9.54. The quantitative estimate of drug-likeness (QED) is 0.583. The van der Waals surface area contributed by atoms with E-state index in [0.717, 1.165) is 36.1 Å². The molecule has 3 nitrogen and oxygen atoms in total. The van der Waals surface area contributed by atoms with E-state index in [1.807, 2.05) is 12.1 Å². The maximum Gasteiger partial charge on any atom is 0.120 e. The second kappa shape index (κ2) is 7.71. The minimum Gasteiger partial charge on any atom is -0.489 e. The topological polar surface area (TPSA) is 27.7 Å². The van der Waals surface area contributed by atoms with Crippen LogP contribution >= 0.6 is 0 Å². The SMILES string of the molecule is COC1CCCC1(OC)c1cccc(OCc2ccc3ccccc3c2)c1. The van der Waals surface area contributed by atoms with Crippen molar-refractivity contribution in [2.24, 2.45) is 0 Å². The average molecular weight is 362 g/mol. The largest absolute Gasteiger partial charge is 0.489 e. The van der Waals surface area contributed by atoms with Gasteiger partial charge in [-0.2, -0.15) is 0 Å². The van der Waals surface area contributed by atoms with Crippen LogP contribution in [0.25, 0.3) is 10.8 Å². The van der Waals surface area contributed by atoms with Crippen LogP contribution in [0.1, 0.15) is 30.4 Å². The number of methoxy groups -OCH3 is 2. The van der Waals surface area contributed by atoms with Crippen LogP contribution in [0.4, 0.5) is 0 Å². The van der Waals surface area contributed by atoms with Crippen molar-refractivity contribution in [2.75, 3.05) is 14.2 Å². The van der Waals surface area contributed by atoms with E-state index >= 15 is 0 Å². The predicted octanol–water partition coefficient (Wildman–Crippen LogP) is 5.46.